The summed E-state index contributed by atoms with van der Waals surface area (Å²) in [5.74, 6) is -1.51. The van der Waals surface area contributed by atoms with Crippen LogP contribution in [-0.4, -0.2) is 69.9 Å². The van der Waals surface area contributed by atoms with Crippen LogP contribution in [0.3, 0.4) is 0 Å². The fourth-order valence-corrected chi connectivity index (χ4v) is 5.24. The fraction of sp³-hybridized carbons (Fsp3) is 0.367. The number of benzene rings is 2. The first-order valence-electron chi connectivity index (χ1n) is 13.7. The predicted molar refractivity (Wildman–Crippen MR) is 153 cm³/mol. The molecular formula is C30H35F2N7O2. The van der Waals surface area contributed by atoms with Gasteiger partial charge in [0.25, 0.3) is 0 Å². The molecule has 3 heterocycles. The first-order chi connectivity index (χ1) is 19.7. The number of likely N-dealkylation sites (tertiary alicyclic amines) is 1. The van der Waals surface area contributed by atoms with Crippen molar-refractivity contribution in [3.8, 4) is 16.9 Å². The number of urea groups is 1. The van der Waals surface area contributed by atoms with Gasteiger partial charge >= 0.3 is 6.03 Å². The van der Waals surface area contributed by atoms with Crippen LogP contribution in [0.4, 0.5) is 19.4 Å². The molecule has 1 aliphatic rings. The smallest absolute Gasteiger partial charge is 0.320 e. The van der Waals surface area contributed by atoms with E-state index in [4.69, 9.17) is 9.84 Å². The predicted octanol–water partition coefficient (Wildman–Crippen LogP) is 5.14. The van der Waals surface area contributed by atoms with Crippen LogP contribution >= 0.6 is 0 Å². The Morgan fingerprint density at radius 1 is 1.12 bits per heavy atom. The Balaban J connectivity index is 1.42. The van der Waals surface area contributed by atoms with E-state index in [0.29, 0.717) is 43.3 Å². The highest BCUT2D eigenvalue weighted by Gasteiger charge is 2.35. The Hall–Kier alpha value is -4.09. The van der Waals surface area contributed by atoms with Crippen molar-refractivity contribution in [1.29, 1.82) is 0 Å². The lowest BCUT2D eigenvalue weighted by atomic mass is 9.94. The summed E-state index contributed by atoms with van der Waals surface area (Å²) < 4.78 is 36.6. The first-order valence-corrected chi connectivity index (χ1v) is 13.7. The van der Waals surface area contributed by atoms with Crippen molar-refractivity contribution in [3.63, 3.8) is 0 Å². The maximum absolute atomic E-state index is 14.1. The quantitative estimate of drug-likeness (QED) is 0.295. The van der Waals surface area contributed by atoms with Gasteiger partial charge in [-0.15, -0.1) is 0 Å². The van der Waals surface area contributed by atoms with Crippen molar-refractivity contribution in [2.75, 3.05) is 38.7 Å². The molecule has 0 unspecified atom stereocenters. The molecule has 0 bridgehead atoms. The molecule has 1 aliphatic heterocycles. The minimum Gasteiger partial charge on any atom is -0.383 e. The number of hydrogen-bond acceptors (Lipinski definition) is 5. The number of methoxy groups -OCH3 is 1. The van der Waals surface area contributed by atoms with Gasteiger partial charge in [-0.3, -0.25) is 14.9 Å². The number of carbonyl (C=O) groups excluding carboxylic acids is 1. The number of nitrogens with zero attached hydrogens (tertiary/aromatic N) is 5. The molecule has 9 nitrogen and oxygen atoms in total. The van der Waals surface area contributed by atoms with Gasteiger partial charge in [-0.25, -0.2) is 18.3 Å². The van der Waals surface area contributed by atoms with Gasteiger partial charge in [0.05, 0.1) is 24.5 Å². The standard InChI is InChI=1S/C30H35F2N7O2/c1-19(2)38-16-22(15-33-38)28-20(3)29(39(36-28)23-8-6-5-7-9-23)35-30(40)34-27-18-37(12-13-41-4)17-24(27)21-10-11-25(31)26(32)14-21/h5-11,14-16,19,24,27H,12-13,17-18H2,1-4H3,(H2,34,35,40)/t24-,27+/m0/s1. The number of amides is 2. The Kier molecular flexibility index (Phi) is 8.46. The van der Waals surface area contributed by atoms with Crippen LogP contribution in [0.25, 0.3) is 16.9 Å². The molecule has 4 aromatic rings. The van der Waals surface area contributed by atoms with Crippen LogP contribution in [0.5, 0.6) is 0 Å². The third kappa shape index (κ3) is 6.15. The van der Waals surface area contributed by atoms with Gasteiger partial charge in [0.15, 0.2) is 11.6 Å². The van der Waals surface area contributed by atoms with Crippen molar-refractivity contribution in [2.45, 2.75) is 38.8 Å². The molecule has 5 rings (SSSR count). The van der Waals surface area contributed by atoms with Crippen LogP contribution in [-0.2, 0) is 4.74 Å². The van der Waals surface area contributed by atoms with E-state index in [-0.39, 0.29) is 18.0 Å². The van der Waals surface area contributed by atoms with Gasteiger partial charge in [0.2, 0.25) is 0 Å². The fourth-order valence-electron chi connectivity index (χ4n) is 5.24. The van der Waals surface area contributed by atoms with E-state index in [1.54, 1.807) is 24.1 Å². The Morgan fingerprint density at radius 3 is 2.59 bits per heavy atom. The third-order valence-corrected chi connectivity index (χ3v) is 7.45. The van der Waals surface area contributed by atoms with E-state index in [1.807, 2.05) is 48.1 Å². The molecule has 2 atom stereocenters. The van der Waals surface area contributed by atoms with E-state index >= 15 is 0 Å². The lowest BCUT2D eigenvalue weighted by Gasteiger charge is -2.21. The van der Waals surface area contributed by atoms with E-state index in [9.17, 15) is 13.6 Å². The van der Waals surface area contributed by atoms with Crippen LogP contribution < -0.4 is 10.6 Å². The van der Waals surface area contributed by atoms with Gasteiger partial charge < -0.3 is 10.1 Å². The second kappa shape index (κ2) is 12.2. The molecule has 0 aliphatic carbocycles. The summed E-state index contributed by atoms with van der Waals surface area (Å²) in [5.41, 5.74) is 3.76. The van der Waals surface area contributed by atoms with Crippen molar-refractivity contribution in [3.05, 3.63) is 83.7 Å². The minimum absolute atomic E-state index is 0.195. The number of para-hydroxylation sites is 1. The number of anilines is 1. The molecule has 0 spiro atoms. The summed E-state index contributed by atoms with van der Waals surface area (Å²) in [6.45, 7) is 8.31. The Labute approximate surface area is 238 Å². The second-order valence-electron chi connectivity index (χ2n) is 10.6. The SMILES string of the molecule is COCCN1C[C@@H](NC(=O)Nc2c(C)c(-c3cnn(C(C)C)c3)nn2-c2ccccc2)[C@H](c2ccc(F)c(F)c2)C1. The largest absolute Gasteiger partial charge is 0.383 e. The lowest BCUT2D eigenvalue weighted by Crippen LogP contribution is -2.42. The maximum atomic E-state index is 14.1. The number of hydrogen-bond donors (Lipinski definition) is 2. The van der Waals surface area contributed by atoms with Crippen LogP contribution in [0, 0.1) is 18.6 Å². The van der Waals surface area contributed by atoms with Crippen LogP contribution in [0.1, 0.15) is 36.9 Å². The minimum atomic E-state index is -0.906. The zero-order chi connectivity index (χ0) is 29.1. The van der Waals surface area contributed by atoms with Crippen LogP contribution in [0.2, 0.25) is 0 Å². The summed E-state index contributed by atoms with van der Waals surface area (Å²) in [5, 5.41) is 15.4. The second-order valence-corrected chi connectivity index (χ2v) is 10.6. The lowest BCUT2D eigenvalue weighted by molar-refractivity contribution is 0.159. The number of carbonyl (C=O) groups is 1. The Morgan fingerprint density at radius 2 is 1.90 bits per heavy atom. The van der Waals surface area contributed by atoms with E-state index < -0.39 is 17.7 Å². The molecular weight excluding hydrogens is 528 g/mol. The van der Waals surface area contributed by atoms with Crippen molar-refractivity contribution in [1.82, 2.24) is 29.8 Å². The van der Waals surface area contributed by atoms with Crippen molar-refractivity contribution in [2.24, 2.45) is 0 Å². The average Bonchev–Trinajstić information content (AvgIpc) is 3.68. The molecule has 0 radical (unpaired) electrons. The van der Waals surface area contributed by atoms with Gasteiger partial charge in [-0.2, -0.15) is 10.2 Å². The number of nitrogens with one attached hydrogen (secondary N) is 2. The maximum Gasteiger partial charge on any atom is 0.320 e. The van der Waals surface area contributed by atoms with Crippen LogP contribution in [0.15, 0.2) is 60.9 Å². The molecule has 2 aromatic heterocycles. The summed E-state index contributed by atoms with van der Waals surface area (Å²) in [7, 11) is 1.63. The normalized spacial score (nSPS) is 17.3. The van der Waals surface area contributed by atoms with Gasteiger partial charge in [0.1, 0.15) is 11.5 Å². The summed E-state index contributed by atoms with van der Waals surface area (Å²) in [4.78, 5) is 15.6. The first kappa shape index (κ1) is 28.4. The molecule has 216 valence electrons. The highest BCUT2D eigenvalue weighted by Crippen LogP contribution is 2.32. The van der Waals surface area contributed by atoms with E-state index in [2.05, 4.69) is 34.5 Å². The number of halogens is 2. The zero-order valence-corrected chi connectivity index (χ0v) is 23.6. The van der Waals surface area contributed by atoms with Crippen molar-refractivity contribution >= 4 is 11.8 Å². The molecule has 1 fully saturated rings. The number of ether oxygens (including phenoxy) is 1. The summed E-state index contributed by atoms with van der Waals surface area (Å²) in [6.07, 6.45) is 3.72. The van der Waals surface area contributed by atoms with Gasteiger partial charge in [0, 0.05) is 56.0 Å². The molecule has 2 amide bonds. The van der Waals surface area contributed by atoms with Gasteiger partial charge in [-0.1, -0.05) is 24.3 Å². The average molecular weight is 564 g/mol. The van der Waals surface area contributed by atoms with E-state index in [1.165, 1.54) is 6.07 Å². The zero-order valence-electron chi connectivity index (χ0n) is 23.6. The molecule has 2 aromatic carbocycles. The highest BCUT2D eigenvalue weighted by atomic mass is 19.2. The monoisotopic (exact) mass is 563 g/mol. The summed E-state index contributed by atoms with van der Waals surface area (Å²) in [6, 6.07) is 12.9. The molecule has 2 N–H and O–H groups in total. The summed E-state index contributed by atoms with van der Waals surface area (Å²) >= 11 is 0. The third-order valence-electron chi connectivity index (χ3n) is 7.45. The number of rotatable bonds is 9. The number of aromatic nitrogens is 4. The molecule has 0 saturated carbocycles. The topological polar surface area (TPSA) is 89.2 Å². The molecule has 11 heteroatoms. The molecule has 1 saturated heterocycles. The van der Waals surface area contributed by atoms with E-state index in [0.717, 1.165) is 22.9 Å². The van der Waals surface area contributed by atoms with Crippen molar-refractivity contribution < 1.29 is 18.3 Å². The van der Waals surface area contributed by atoms with Gasteiger partial charge in [-0.05, 0) is 50.6 Å². The highest BCUT2D eigenvalue weighted by molar-refractivity contribution is 5.91. The molecule has 41 heavy (non-hydrogen) atoms. The Bertz CT molecular complexity index is 1500.